The second kappa shape index (κ2) is 5.21. The Morgan fingerprint density at radius 2 is 2.21 bits per heavy atom. The third kappa shape index (κ3) is 2.20. The van der Waals surface area contributed by atoms with Gasteiger partial charge in [0.25, 0.3) is 5.54 Å². The zero-order valence-corrected chi connectivity index (χ0v) is 11.7. The van der Waals surface area contributed by atoms with Crippen molar-refractivity contribution in [2.75, 3.05) is 6.61 Å². The van der Waals surface area contributed by atoms with Gasteiger partial charge in [0.2, 0.25) is 0 Å². The predicted molar refractivity (Wildman–Crippen MR) is 74.4 cm³/mol. The number of ether oxygens (including phenoxy) is 1. The fraction of sp³-hybridized carbons (Fsp3) is 0.625. The molecule has 2 aliphatic carbocycles. The topological polar surface area (TPSA) is 30.7 Å². The van der Waals surface area contributed by atoms with Gasteiger partial charge in [0.05, 0.1) is 12.0 Å². The molecule has 102 valence electrons. The van der Waals surface area contributed by atoms with Gasteiger partial charge in [-0.05, 0) is 32.6 Å². The number of rotatable bonds is 2. The lowest BCUT2D eigenvalue weighted by molar-refractivity contribution is -0.154. The monoisotopic (exact) mass is 259 g/mol. The van der Waals surface area contributed by atoms with Gasteiger partial charge < -0.3 is 9.58 Å². The number of esters is 1. The highest BCUT2D eigenvalue weighted by molar-refractivity contribution is 5.82. The summed E-state index contributed by atoms with van der Waals surface area (Å²) < 4.78 is 5.32. The first kappa shape index (κ1) is 13.9. The van der Waals surface area contributed by atoms with Gasteiger partial charge in [-0.1, -0.05) is 18.2 Å². The fourth-order valence-electron chi connectivity index (χ4n) is 3.31. The minimum absolute atomic E-state index is 0.151. The molecule has 3 nitrogen and oxygen atoms in total. The van der Waals surface area contributed by atoms with Gasteiger partial charge in [-0.15, -0.1) is 0 Å². The van der Waals surface area contributed by atoms with Crippen LogP contribution >= 0.6 is 0 Å². The van der Waals surface area contributed by atoms with Crippen LogP contribution in [0.15, 0.2) is 23.8 Å². The van der Waals surface area contributed by atoms with Crippen LogP contribution < -0.4 is 0 Å². The van der Waals surface area contributed by atoms with Crippen LogP contribution in [0.3, 0.4) is 0 Å². The average Bonchev–Trinajstić information content (AvgIpc) is 2.58. The molecule has 2 rings (SSSR count). The molecule has 0 saturated heterocycles. The highest BCUT2D eigenvalue weighted by Crippen LogP contribution is 2.50. The zero-order valence-electron chi connectivity index (χ0n) is 11.7. The van der Waals surface area contributed by atoms with Crippen LogP contribution in [0.4, 0.5) is 0 Å². The van der Waals surface area contributed by atoms with Crippen molar-refractivity contribution in [2.45, 2.75) is 51.5 Å². The summed E-state index contributed by atoms with van der Waals surface area (Å²) in [7, 11) is 0. The quantitative estimate of drug-likeness (QED) is 0.430. The lowest BCUT2D eigenvalue weighted by atomic mass is 9.64. The van der Waals surface area contributed by atoms with Gasteiger partial charge in [-0.25, -0.2) is 6.57 Å². The van der Waals surface area contributed by atoms with E-state index in [0.717, 1.165) is 24.8 Å². The lowest BCUT2D eigenvalue weighted by Gasteiger charge is -2.38. The SMILES string of the molecule is [C-]#[N+]C1(C)CC=CCC2(C(=O)OCC)CCCC=C12. The molecule has 2 aliphatic rings. The minimum atomic E-state index is -0.597. The standard InChI is InChI=1S/C16H21NO2/c1-4-19-14(18)16-11-6-5-9-13(16)15(2,17-3)10-7-8-12-16/h7-9H,4-6,10-12H2,1-2H3. The molecule has 0 amide bonds. The van der Waals surface area contributed by atoms with E-state index in [-0.39, 0.29) is 5.97 Å². The van der Waals surface area contributed by atoms with Crippen LogP contribution in [0, 0.1) is 12.0 Å². The van der Waals surface area contributed by atoms with Gasteiger partial charge in [0, 0.05) is 18.9 Å². The molecule has 0 spiro atoms. The molecule has 0 heterocycles. The first-order chi connectivity index (χ1) is 9.09. The summed E-state index contributed by atoms with van der Waals surface area (Å²) in [5.41, 5.74) is -0.203. The Morgan fingerprint density at radius 3 is 2.89 bits per heavy atom. The number of hydrogen-bond acceptors (Lipinski definition) is 2. The number of nitrogens with zero attached hydrogens (tertiary/aromatic N) is 1. The van der Waals surface area contributed by atoms with Crippen molar-refractivity contribution < 1.29 is 9.53 Å². The van der Waals surface area contributed by atoms with E-state index in [9.17, 15) is 4.79 Å². The highest BCUT2D eigenvalue weighted by Gasteiger charge is 2.54. The maximum atomic E-state index is 12.5. The molecule has 2 atom stereocenters. The van der Waals surface area contributed by atoms with Crippen molar-refractivity contribution in [1.82, 2.24) is 0 Å². The number of hydrogen-bond donors (Lipinski definition) is 0. The predicted octanol–water partition coefficient (Wildman–Crippen LogP) is 3.67. The van der Waals surface area contributed by atoms with Gasteiger partial charge in [-0.3, -0.25) is 4.79 Å². The summed E-state index contributed by atoms with van der Waals surface area (Å²) in [4.78, 5) is 16.3. The molecular formula is C16H21NO2. The largest absolute Gasteiger partial charge is 0.465 e. The Morgan fingerprint density at radius 1 is 1.47 bits per heavy atom. The van der Waals surface area contributed by atoms with Crippen molar-refractivity contribution in [1.29, 1.82) is 0 Å². The smallest absolute Gasteiger partial charge is 0.316 e. The summed E-state index contributed by atoms with van der Waals surface area (Å²) in [6, 6.07) is 0. The number of allylic oxidation sites excluding steroid dienone is 2. The molecular weight excluding hydrogens is 238 g/mol. The summed E-state index contributed by atoms with van der Waals surface area (Å²) >= 11 is 0. The maximum Gasteiger partial charge on any atom is 0.316 e. The maximum absolute atomic E-state index is 12.5. The first-order valence-electron chi connectivity index (χ1n) is 7.01. The third-order valence-electron chi connectivity index (χ3n) is 4.31. The van der Waals surface area contributed by atoms with Crippen LogP contribution in [0.1, 0.15) is 46.0 Å². The molecule has 0 aliphatic heterocycles. The summed E-state index contributed by atoms with van der Waals surface area (Å²) in [6.45, 7) is 11.7. The Hall–Kier alpha value is -1.56. The van der Waals surface area contributed by atoms with Gasteiger partial charge in [-0.2, -0.15) is 0 Å². The summed E-state index contributed by atoms with van der Waals surface area (Å²) in [6.07, 6.45) is 10.3. The summed E-state index contributed by atoms with van der Waals surface area (Å²) in [5.74, 6) is -0.151. The van der Waals surface area contributed by atoms with Crippen LogP contribution in [-0.4, -0.2) is 18.1 Å². The zero-order chi connectivity index (χ0) is 13.9. The van der Waals surface area contributed by atoms with E-state index in [1.807, 2.05) is 26.0 Å². The van der Waals surface area contributed by atoms with E-state index in [1.54, 1.807) is 0 Å². The van der Waals surface area contributed by atoms with Gasteiger partial charge in [0.1, 0.15) is 0 Å². The normalized spacial score (nSPS) is 33.6. The van der Waals surface area contributed by atoms with Gasteiger partial charge in [0.15, 0.2) is 0 Å². The lowest BCUT2D eigenvalue weighted by Crippen LogP contribution is -2.43. The van der Waals surface area contributed by atoms with E-state index in [4.69, 9.17) is 11.3 Å². The molecule has 3 heteroatoms. The molecule has 0 aromatic rings. The van der Waals surface area contributed by atoms with E-state index < -0.39 is 11.0 Å². The van der Waals surface area contributed by atoms with Crippen molar-refractivity contribution in [3.8, 4) is 0 Å². The first-order valence-corrected chi connectivity index (χ1v) is 7.01. The van der Waals surface area contributed by atoms with Crippen molar-refractivity contribution in [3.05, 3.63) is 35.2 Å². The van der Waals surface area contributed by atoms with Crippen LogP contribution in [0.2, 0.25) is 0 Å². The number of carbonyl (C=O) groups excluding carboxylic acids is 1. The molecule has 0 aromatic heterocycles. The summed E-state index contributed by atoms with van der Waals surface area (Å²) in [5, 5.41) is 0. The molecule has 0 N–H and O–H groups in total. The van der Waals surface area contributed by atoms with Crippen LogP contribution in [0.25, 0.3) is 4.85 Å². The average molecular weight is 259 g/mol. The molecule has 0 fully saturated rings. The molecule has 0 bridgehead atoms. The minimum Gasteiger partial charge on any atom is -0.465 e. The third-order valence-corrected chi connectivity index (χ3v) is 4.31. The molecule has 0 saturated carbocycles. The van der Waals surface area contributed by atoms with Crippen molar-refractivity contribution in [3.63, 3.8) is 0 Å². The van der Waals surface area contributed by atoms with E-state index >= 15 is 0 Å². The molecule has 19 heavy (non-hydrogen) atoms. The van der Waals surface area contributed by atoms with Crippen molar-refractivity contribution in [2.24, 2.45) is 5.41 Å². The van der Waals surface area contributed by atoms with Crippen LogP contribution in [0.5, 0.6) is 0 Å². The second-order valence-corrected chi connectivity index (χ2v) is 5.58. The van der Waals surface area contributed by atoms with Crippen LogP contribution in [-0.2, 0) is 9.53 Å². The number of carbonyl (C=O) groups is 1. The molecule has 0 aromatic carbocycles. The van der Waals surface area contributed by atoms with Crippen molar-refractivity contribution >= 4 is 5.97 Å². The second-order valence-electron chi connectivity index (χ2n) is 5.58. The Labute approximate surface area is 115 Å². The number of fused-ring (bicyclic) bond motifs is 1. The Balaban J connectivity index is 2.51. The van der Waals surface area contributed by atoms with E-state index in [1.165, 1.54) is 0 Å². The van der Waals surface area contributed by atoms with Gasteiger partial charge >= 0.3 is 5.97 Å². The molecule has 2 unspecified atom stereocenters. The molecule has 0 radical (unpaired) electrons. The Kier molecular flexibility index (Phi) is 3.80. The Bertz CT molecular complexity index is 472. The fourth-order valence-corrected chi connectivity index (χ4v) is 3.31. The highest BCUT2D eigenvalue weighted by atomic mass is 16.5. The van der Waals surface area contributed by atoms with E-state index in [2.05, 4.69) is 10.9 Å². The van der Waals surface area contributed by atoms with E-state index in [0.29, 0.717) is 19.4 Å².